The number of hydrogen-bond donors (Lipinski definition) is 6. The van der Waals surface area contributed by atoms with Crippen LogP contribution in [0.25, 0.3) is 0 Å². The molecule has 0 aliphatic carbocycles. The smallest absolute Gasteiger partial charge is 0.315 e. The van der Waals surface area contributed by atoms with E-state index in [1.807, 2.05) is 0 Å². The van der Waals surface area contributed by atoms with Gasteiger partial charge in [0, 0.05) is 0 Å². The van der Waals surface area contributed by atoms with Gasteiger partial charge in [0.1, 0.15) is 33.0 Å². The summed E-state index contributed by atoms with van der Waals surface area (Å²) in [5.41, 5.74) is -2.05. The molecule has 0 aromatic heterocycles. The van der Waals surface area contributed by atoms with Crippen molar-refractivity contribution in [3.05, 3.63) is 0 Å². The van der Waals surface area contributed by atoms with Gasteiger partial charge in [0.15, 0.2) is 5.60 Å². The fourth-order valence-corrected chi connectivity index (χ4v) is 2.42. The molecule has 0 aliphatic heterocycles. The SMILES string of the molecule is O=C(CS)OCC(O)(COC(=O)CS)OC(COC(=O)CS)(COC(=O)CS)COC(=O)CS. The van der Waals surface area contributed by atoms with Crippen molar-refractivity contribution >= 4 is 93.0 Å². The number of carbonyl (C=O) groups is 5. The molecule has 0 rings (SSSR count). The molecule has 0 bridgehead atoms. The van der Waals surface area contributed by atoms with Crippen LogP contribution in [0.15, 0.2) is 0 Å². The van der Waals surface area contributed by atoms with Crippen molar-refractivity contribution in [2.75, 3.05) is 61.8 Å². The summed E-state index contributed by atoms with van der Waals surface area (Å²) in [6.07, 6.45) is 0. The third-order valence-electron chi connectivity index (χ3n) is 3.46. The Morgan fingerprint density at radius 3 is 0.971 bits per heavy atom. The van der Waals surface area contributed by atoms with Gasteiger partial charge in [0.05, 0.1) is 28.8 Å². The summed E-state index contributed by atoms with van der Waals surface area (Å²) in [5, 5.41) is 11.0. The van der Waals surface area contributed by atoms with Gasteiger partial charge in [-0.2, -0.15) is 63.1 Å². The summed E-state index contributed by atoms with van der Waals surface area (Å²) in [6.45, 7) is -3.97. The van der Waals surface area contributed by atoms with Crippen LogP contribution in [-0.4, -0.2) is 108 Å². The van der Waals surface area contributed by atoms with Gasteiger partial charge in [0.25, 0.3) is 0 Å². The first-order valence-corrected chi connectivity index (χ1v) is 12.4. The molecule has 0 saturated carbocycles. The lowest BCUT2D eigenvalue weighted by Gasteiger charge is -2.39. The number of carbonyl (C=O) groups excluding carboxylic acids is 5. The molecule has 0 atom stereocenters. The lowest BCUT2D eigenvalue weighted by molar-refractivity contribution is -0.316. The van der Waals surface area contributed by atoms with Crippen LogP contribution in [-0.2, 0) is 52.4 Å². The molecule has 0 radical (unpaired) electrons. The summed E-state index contributed by atoms with van der Waals surface area (Å²) in [4.78, 5) is 58.2. The molecule has 0 amide bonds. The fraction of sp³-hybridized carbons (Fsp3) is 0.706. The molecular weight excluding hydrogens is 557 g/mol. The zero-order chi connectivity index (χ0) is 26.2. The third kappa shape index (κ3) is 13.8. The first-order valence-electron chi connectivity index (χ1n) is 9.23. The van der Waals surface area contributed by atoms with E-state index in [0.29, 0.717) is 0 Å². The average Bonchev–Trinajstić information content (AvgIpc) is 2.85. The van der Waals surface area contributed by atoms with Crippen LogP contribution in [0.4, 0.5) is 0 Å². The van der Waals surface area contributed by atoms with E-state index >= 15 is 0 Å². The van der Waals surface area contributed by atoms with Crippen molar-refractivity contribution in [1.82, 2.24) is 0 Å². The number of rotatable bonds is 17. The van der Waals surface area contributed by atoms with Gasteiger partial charge >= 0.3 is 29.8 Å². The lowest BCUT2D eigenvalue weighted by atomic mass is 10.1. The molecule has 0 aromatic carbocycles. The molecule has 0 aliphatic rings. The van der Waals surface area contributed by atoms with Crippen LogP contribution in [0.2, 0.25) is 0 Å². The maximum atomic E-state index is 11.7. The highest BCUT2D eigenvalue weighted by molar-refractivity contribution is 7.81. The minimum absolute atomic E-state index is 0.341. The van der Waals surface area contributed by atoms with Crippen molar-refractivity contribution in [1.29, 1.82) is 0 Å². The normalized spacial score (nSPS) is 11.4. The molecule has 0 fully saturated rings. The molecule has 1 N–H and O–H groups in total. The van der Waals surface area contributed by atoms with E-state index in [2.05, 4.69) is 63.1 Å². The Hall–Kier alpha value is -0.980. The predicted molar refractivity (Wildman–Crippen MR) is 133 cm³/mol. The lowest BCUT2D eigenvalue weighted by Crippen LogP contribution is -2.58. The van der Waals surface area contributed by atoms with Gasteiger partial charge < -0.3 is 33.5 Å². The Bertz CT molecular complexity index is 634. The Kier molecular flexibility index (Phi) is 16.9. The van der Waals surface area contributed by atoms with Gasteiger partial charge in [-0.25, -0.2) is 0 Å². The highest BCUT2D eigenvalue weighted by Crippen LogP contribution is 2.24. The van der Waals surface area contributed by atoms with Crippen molar-refractivity contribution in [2.24, 2.45) is 0 Å². The molecule has 34 heavy (non-hydrogen) atoms. The van der Waals surface area contributed by atoms with E-state index in [-0.39, 0.29) is 28.8 Å². The summed E-state index contributed by atoms with van der Waals surface area (Å²) >= 11 is 18.8. The van der Waals surface area contributed by atoms with Crippen molar-refractivity contribution in [3.63, 3.8) is 0 Å². The minimum atomic E-state index is -2.58. The Morgan fingerprint density at radius 2 is 0.735 bits per heavy atom. The molecule has 0 aromatic rings. The van der Waals surface area contributed by atoms with Crippen LogP contribution < -0.4 is 0 Å². The first kappa shape index (κ1) is 33.0. The maximum Gasteiger partial charge on any atom is 0.315 e. The van der Waals surface area contributed by atoms with Crippen molar-refractivity contribution in [3.8, 4) is 0 Å². The topological polar surface area (TPSA) is 161 Å². The molecule has 0 saturated heterocycles. The minimum Gasteiger partial charge on any atom is -0.462 e. The number of hydrogen-bond acceptors (Lipinski definition) is 17. The highest BCUT2D eigenvalue weighted by Gasteiger charge is 2.46. The Balaban J connectivity index is 6.12. The van der Waals surface area contributed by atoms with E-state index in [1.54, 1.807) is 0 Å². The van der Waals surface area contributed by atoms with Gasteiger partial charge in [-0.15, -0.1) is 0 Å². The van der Waals surface area contributed by atoms with E-state index in [4.69, 9.17) is 28.4 Å². The van der Waals surface area contributed by atoms with Crippen LogP contribution in [0.3, 0.4) is 0 Å². The molecule has 196 valence electrons. The largest absolute Gasteiger partial charge is 0.462 e. The zero-order valence-corrected chi connectivity index (χ0v) is 22.2. The monoisotopic (exact) mass is 582 g/mol. The summed E-state index contributed by atoms with van der Waals surface area (Å²) in [5.74, 6) is -8.51. The summed E-state index contributed by atoms with van der Waals surface area (Å²) in [7, 11) is 0. The second-order valence-electron chi connectivity index (χ2n) is 6.33. The molecule has 17 heteroatoms. The fourth-order valence-electron chi connectivity index (χ4n) is 1.97. The number of thiol groups is 5. The molecule has 0 spiro atoms. The second kappa shape index (κ2) is 17.4. The molecular formula is C17H26O12S5. The number of aliphatic hydroxyl groups is 1. The summed E-state index contributed by atoms with van der Waals surface area (Å²) < 4.78 is 30.4. The Labute approximate surface area is 223 Å². The van der Waals surface area contributed by atoms with Crippen molar-refractivity contribution in [2.45, 2.75) is 11.4 Å². The van der Waals surface area contributed by atoms with Crippen LogP contribution in [0.1, 0.15) is 0 Å². The molecule has 12 nitrogen and oxygen atoms in total. The zero-order valence-electron chi connectivity index (χ0n) is 17.7. The maximum absolute atomic E-state index is 11.7. The van der Waals surface area contributed by atoms with Gasteiger partial charge in [0.2, 0.25) is 5.79 Å². The average molecular weight is 583 g/mol. The van der Waals surface area contributed by atoms with Crippen molar-refractivity contribution < 1.29 is 57.5 Å². The summed E-state index contributed by atoms with van der Waals surface area (Å²) in [6, 6.07) is 0. The van der Waals surface area contributed by atoms with E-state index < -0.39 is 74.3 Å². The van der Waals surface area contributed by atoms with E-state index in [0.717, 1.165) is 0 Å². The van der Waals surface area contributed by atoms with Crippen LogP contribution >= 0.6 is 63.1 Å². The predicted octanol–water partition coefficient (Wildman–Crippen LogP) is -1.20. The quantitative estimate of drug-likeness (QED) is 0.0527. The first-order chi connectivity index (χ1) is 16.0. The van der Waals surface area contributed by atoms with Gasteiger partial charge in [-0.05, 0) is 0 Å². The van der Waals surface area contributed by atoms with Gasteiger partial charge in [-0.3, -0.25) is 24.0 Å². The second-order valence-corrected chi connectivity index (χ2v) is 7.91. The molecule has 0 heterocycles. The standard InChI is InChI=1S/C17H26O12S5/c18-11(1-30)24-6-16(7-25-12(19)2-31,8-26-13(20)3-32)29-17(23,9-27-14(21)4-33)10-28-15(22)5-34/h23,30-34H,1-10H2. The van der Waals surface area contributed by atoms with Gasteiger partial charge in [-0.1, -0.05) is 0 Å². The Morgan fingerprint density at radius 1 is 0.500 bits per heavy atom. The third-order valence-corrected chi connectivity index (χ3v) is 4.75. The molecule has 0 unspecified atom stereocenters. The number of ether oxygens (including phenoxy) is 6. The van der Waals surface area contributed by atoms with E-state index in [9.17, 15) is 29.1 Å². The highest BCUT2D eigenvalue weighted by atomic mass is 32.1. The number of esters is 5. The van der Waals surface area contributed by atoms with Crippen LogP contribution in [0, 0.1) is 0 Å². The van der Waals surface area contributed by atoms with Crippen LogP contribution in [0.5, 0.6) is 0 Å². The van der Waals surface area contributed by atoms with E-state index in [1.165, 1.54) is 0 Å².